The highest BCUT2D eigenvalue weighted by Gasteiger charge is 2.30. The monoisotopic (exact) mass is 482 g/mol. The van der Waals surface area contributed by atoms with Crippen molar-refractivity contribution in [2.24, 2.45) is 0 Å². The van der Waals surface area contributed by atoms with Gasteiger partial charge in [0.25, 0.3) is 10.0 Å². The van der Waals surface area contributed by atoms with E-state index in [1.807, 2.05) is 37.3 Å². The van der Waals surface area contributed by atoms with E-state index in [1.54, 1.807) is 36.4 Å². The summed E-state index contributed by atoms with van der Waals surface area (Å²) in [4.78, 5) is 13.1. The Kier molecular flexibility index (Phi) is 8.54. The maximum atomic E-state index is 13.6. The van der Waals surface area contributed by atoms with Crippen LogP contribution in [0.15, 0.2) is 83.8 Å². The minimum absolute atomic E-state index is 0.0739. The van der Waals surface area contributed by atoms with E-state index in [4.69, 9.17) is 9.47 Å². The highest BCUT2D eigenvalue weighted by atomic mass is 32.2. The number of aryl methyl sites for hydroxylation is 1. The van der Waals surface area contributed by atoms with Crippen LogP contribution in [0.1, 0.15) is 18.9 Å². The molecule has 0 saturated carbocycles. The van der Waals surface area contributed by atoms with Gasteiger partial charge in [-0.25, -0.2) is 8.42 Å². The molecule has 34 heavy (non-hydrogen) atoms. The second kappa shape index (κ2) is 11.6. The topological polar surface area (TPSA) is 84.9 Å². The van der Waals surface area contributed by atoms with Gasteiger partial charge in [-0.05, 0) is 49.6 Å². The van der Waals surface area contributed by atoms with Crippen LogP contribution in [0.25, 0.3) is 0 Å². The molecule has 8 heteroatoms. The van der Waals surface area contributed by atoms with Crippen LogP contribution in [0.2, 0.25) is 0 Å². The van der Waals surface area contributed by atoms with Crippen molar-refractivity contribution in [3.05, 3.63) is 84.4 Å². The van der Waals surface area contributed by atoms with Gasteiger partial charge >= 0.3 is 0 Å². The molecule has 1 atom stereocenters. The van der Waals surface area contributed by atoms with E-state index in [-0.39, 0.29) is 16.6 Å². The van der Waals surface area contributed by atoms with Gasteiger partial charge in [-0.2, -0.15) is 0 Å². The van der Waals surface area contributed by atoms with Crippen LogP contribution in [-0.4, -0.2) is 41.1 Å². The number of anilines is 1. The number of hydrogen-bond donors (Lipinski definition) is 1. The van der Waals surface area contributed by atoms with Crippen LogP contribution >= 0.6 is 0 Å². The van der Waals surface area contributed by atoms with E-state index in [0.717, 1.165) is 17.1 Å². The van der Waals surface area contributed by atoms with Gasteiger partial charge < -0.3 is 14.8 Å². The predicted molar refractivity (Wildman–Crippen MR) is 133 cm³/mol. The smallest absolute Gasteiger partial charge is 0.264 e. The lowest BCUT2D eigenvalue weighted by molar-refractivity contribution is -0.120. The number of carbonyl (C=O) groups excluding carboxylic acids is 1. The molecular weight excluding hydrogens is 452 g/mol. The Hall–Kier alpha value is -3.52. The molecule has 0 saturated heterocycles. The molecular formula is C26H30N2O5S. The van der Waals surface area contributed by atoms with Crippen molar-refractivity contribution >= 4 is 21.6 Å². The van der Waals surface area contributed by atoms with Crippen molar-refractivity contribution < 1.29 is 22.7 Å². The van der Waals surface area contributed by atoms with Crippen LogP contribution in [0, 0.1) is 0 Å². The Morgan fingerprint density at radius 2 is 1.59 bits per heavy atom. The summed E-state index contributed by atoms with van der Waals surface area (Å²) in [6.07, 6.45) is 1.53. The molecule has 1 amide bonds. The van der Waals surface area contributed by atoms with Gasteiger partial charge in [0.05, 0.1) is 24.8 Å². The minimum Gasteiger partial charge on any atom is -0.497 e. The molecule has 3 aromatic rings. The first kappa shape index (κ1) is 25.1. The molecule has 3 aromatic carbocycles. The first-order valence-corrected chi connectivity index (χ1v) is 12.4. The Labute approximate surface area is 201 Å². The number of nitrogens with zero attached hydrogens (tertiary/aromatic N) is 1. The van der Waals surface area contributed by atoms with Gasteiger partial charge in [-0.3, -0.25) is 9.10 Å². The molecule has 1 N–H and O–H groups in total. The summed E-state index contributed by atoms with van der Waals surface area (Å²) >= 11 is 0. The number of ether oxygens (including phenoxy) is 2. The highest BCUT2D eigenvalue weighted by Crippen LogP contribution is 2.35. The summed E-state index contributed by atoms with van der Waals surface area (Å²) in [6, 6.07) is 22.7. The molecule has 0 aromatic heterocycles. The summed E-state index contributed by atoms with van der Waals surface area (Å²) in [5.41, 5.74) is 1.40. The van der Waals surface area contributed by atoms with Crippen LogP contribution in [-0.2, 0) is 21.2 Å². The van der Waals surface area contributed by atoms with Gasteiger partial charge in [-0.15, -0.1) is 0 Å². The second-order valence-corrected chi connectivity index (χ2v) is 9.72. The molecule has 0 aliphatic heterocycles. The SMILES string of the molecule is COc1ccc(OC)c(N(CC(=O)N[C@@H](C)CCc2ccccc2)S(=O)(=O)c2ccccc2)c1. The van der Waals surface area contributed by atoms with E-state index in [9.17, 15) is 13.2 Å². The molecule has 0 spiro atoms. The quantitative estimate of drug-likeness (QED) is 0.446. The summed E-state index contributed by atoms with van der Waals surface area (Å²) in [7, 11) is -1.12. The average molecular weight is 483 g/mol. The number of benzene rings is 3. The zero-order chi connectivity index (χ0) is 24.6. The summed E-state index contributed by atoms with van der Waals surface area (Å²) in [6.45, 7) is 1.50. The molecule has 0 radical (unpaired) electrons. The van der Waals surface area contributed by atoms with E-state index in [1.165, 1.54) is 31.9 Å². The Morgan fingerprint density at radius 3 is 2.21 bits per heavy atom. The number of nitrogens with one attached hydrogen (secondary N) is 1. The van der Waals surface area contributed by atoms with Gasteiger partial charge in [-0.1, -0.05) is 48.5 Å². The first-order chi connectivity index (χ1) is 16.3. The Bertz CT molecular complexity index is 1180. The lowest BCUT2D eigenvalue weighted by Crippen LogP contribution is -2.43. The van der Waals surface area contributed by atoms with Gasteiger partial charge in [0.2, 0.25) is 5.91 Å². The fourth-order valence-electron chi connectivity index (χ4n) is 3.56. The van der Waals surface area contributed by atoms with Gasteiger partial charge in [0, 0.05) is 12.1 Å². The zero-order valence-electron chi connectivity index (χ0n) is 19.6. The van der Waals surface area contributed by atoms with Crippen molar-refractivity contribution in [2.45, 2.75) is 30.7 Å². The number of amides is 1. The lowest BCUT2D eigenvalue weighted by atomic mass is 10.1. The van der Waals surface area contributed by atoms with E-state index in [2.05, 4.69) is 5.32 Å². The maximum Gasteiger partial charge on any atom is 0.264 e. The fourth-order valence-corrected chi connectivity index (χ4v) is 5.01. The number of methoxy groups -OCH3 is 2. The molecule has 0 heterocycles. The minimum atomic E-state index is -4.06. The lowest BCUT2D eigenvalue weighted by Gasteiger charge is -2.26. The van der Waals surface area contributed by atoms with Crippen molar-refractivity contribution in [1.29, 1.82) is 0 Å². The van der Waals surface area contributed by atoms with Gasteiger partial charge in [0.1, 0.15) is 18.0 Å². The van der Waals surface area contributed by atoms with Gasteiger partial charge in [0.15, 0.2) is 0 Å². The van der Waals surface area contributed by atoms with Crippen molar-refractivity contribution in [2.75, 3.05) is 25.1 Å². The summed E-state index contributed by atoms with van der Waals surface area (Å²) in [5, 5.41) is 2.92. The third-order valence-corrected chi connectivity index (χ3v) is 7.16. The zero-order valence-corrected chi connectivity index (χ0v) is 20.4. The van der Waals surface area contributed by atoms with Crippen LogP contribution in [0.5, 0.6) is 11.5 Å². The number of rotatable bonds is 11. The first-order valence-electron chi connectivity index (χ1n) is 11.0. The average Bonchev–Trinajstić information content (AvgIpc) is 2.86. The standard InChI is InChI=1S/C26H30N2O5S/c1-20(14-15-21-10-6-4-7-11-21)27-26(29)19-28(34(30,31)23-12-8-5-9-13-23)24-18-22(32-2)16-17-25(24)33-3/h4-13,16-18,20H,14-15,19H2,1-3H3,(H,27,29)/t20-/m0/s1. The number of sulfonamides is 1. The molecule has 7 nitrogen and oxygen atoms in total. The van der Waals surface area contributed by atoms with Crippen molar-refractivity contribution in [3.8, 4) is 11.5 Å². The second-order valence-electron chi connectivity index (χ2n) is 7.86. The van der Waals surface area contributed by atoms with Crippen LogP contribution < -0.4 is 19.1 Å². The largest absolute Gasteiger partial charge is 0.497 e. The summed E-state index contributed by atoms with van der Waals surface area (Å²) in [5.74, 6) is 0.343. The molecule has 0 unspecified atom stereocenters. The van der Waals surface area contributed by atoms with E-state index >= 15 is 0 Å². The normalized spacial score (nSPS) is 12.0. The van der Waals surface area contributed by atoms with Crippen LogP contribution in [0.4, 0.5) is 5.69 Å². The maximum absolute atomic E-state index is 13.6. The summed E-state index contributed by atoms with van der Waals surface area (Å²) < 4.78 is 38.9. The fraction of sp³-hybridized carbons (Fsp3) is 0.269. The molecule has 0 fully saturated rings. The molecule has 180 valence electrons. The van der Waals surface area contributed by atoms with E-state index in [0.29, 0.717) is 11.5 Å². The Morgan fingerprint density at radius 1 is 0.941 bits per heavy atom. The van der Waals surface area contributed by atoms with E-state index < -0.39 is 22.5 Å². The molecule has 0 bridgehead atoms. The molecule has 0 aliphatic rings. The van der Waals surface area contributed by atoms with Crippen molar-refractivity contribution in [3.63, 3.8) is 0 Å². The van der Waals surface area contributed by atoms with Crippen LogP contribution in [0.3, 0.4) is 0 Å². The Balaban J connectivity index is 1.85. The highest BCUT2D eigenvalue weighted by molar-refractivity contribution is 7.92. The number of carbonyl (C=O) groups is 1. The van der Waals surface area contributed by atoms with Crippen molar-refractivity contribution in [1.82, 2.24) is 5.32 Å². The third-order valence-electron chi connectivity index (χ3n) is 5.39. The third kappa shape index (κ3) is 6.29. The number of hydrogen-bond acceptors (Lipinski definition) is 5. The predicted octanol–water partition coefficient (Wildman–Crippen LogP) is 4.04. The molecule has 3 rings (SSSR count). The molecule has 0 aliphatic carbocycles.